The molecule has 0 radical (unpaired) electrons. The van der Waals surface area contributed by atoms with E-state index in [0.717, 1.165) is 61.2 Å². The maximum Gasteiger partial charge on any atom is 0.239 e. The Morgan fingerprint density at radius 2 is 1.88 bits per heavy atom. The lowest BCUT2D eigenvalue weighted by Gasteiger charge is -2.38. The third-order valence-corrected chi connectivity index (χ3v) is 6.48. The van der Waals surface area contributed by atoms with E-state index in [4.69, 9.17) is 9.97 Å². The summed E-state index contributed by atoms with van der Waals surface area (Å²) in [6.07, 6.45) is 3.20. The molecular weight excluding hydrogens is 402 g/mol. The summed E-state index contributed by atoms with van der Waals surface area (Å²) in [5.74, 6) is 1.76. The molecule has 3 aromatic rings. The number of nitrogens with zero attached hydrogens (tertiary/aromatic N) is 4. The molecule has 32 heavy (non-hydrogen) atoms. The van der Waals surface area contributed by atoms with E-state index in [1.807, 2.05) is 24.0 Å². The highest BCUT2D eigenvalue weighted by Gasteiger charge is 2.29. The van der Waals surface area contributed by atoms with E-state index in [0.29, 0.717) is 24.5 Å². The van der Waals surface area contributed by atoms with Gasteiger partial charge in [-0.15, -0.1) is 0 Å². The summed E-state index contributed by atoms with van der Waals surface area (Å²) in [6, 6.07) is 13.3. The molecule has 1 aromatic heterocycles. The van der Waals surface area contributed by atoms with Crippen LogP contribution >= 0.6 is 0 Å². The highest BCUT2D eigenvalue weighted by atomic mass is 16.3. The van der Waals surface area contributed by atoms with Gasteiger partial charge in [-0.3, -0.25) is 4.79 Å². The molecule has 2 aliphatic heterocycles. The first kappa shape index (κ1) is 20.7. The highest BCUT2D eigenvalue weighted by Crippen LogP contribution is 2.32. The lowest BCUT2D eigenvalue weighted by Crippen LogP contribution is -2.55. The zero-order chi connectivity index (χ0) is 22.1. The molecule has 1 amide bonds. The van der Waals surface area contributed by atoms with E-state index in [1.165, 1.54) is 0 Å². The van der Waals surface area contributed by atoms with Gasteiger partial charge in [0.2, 0.25) is 5.91 Å². The van der Waals surface area contributed by atoms with E-state index in [-0.39, 0.29) is 17.7 Å². The zero-order valence-corrected chi connectivity index (χ0v) is 18.4. The number of benzene rings is 2. The number of hydrogen-bond acceptors (Lipinski definition) is 6. The molecule has 0 saturated carbocycles. The van der Waals surface area contributed by atoms with E-state index in [9.17, 15) is 9.90 Å². The van der Waals surface area contributed by atoms with Crippen LogP contribution in [0.4, 0.5) is 5.82 Å². The first-order chi connectivity index (χ1) is 15.6. The number of piperidine rings is 1. The van der Waals surface area contributed by atoms with Crippen LogP contribution in [0.3, 0.4) is 0 Å². The lowest BCUT2D eigenvalue weighted by atomic mass is 10.0. The molecular formula is C25H29N5O2. The molecule has 0 aliphatic carbocycles. The fourth-order valence-corrected chi connectivity index (χ4v) is 4.67. The molecule has 2 saturated heterocycles. The second kappa shape index (κ2) is 8.74. The Morgan fingerprint density at radius 3 is 2.62 bits per heavy atom. The van der Waals surface area contributed by atoms with Crippen LogP contribution in [0, 0.1) is 6.92 Å². The van der Waals surface area contributed by atoms with Crippen LogP contribution < -0.4 is 10.2 Å². The van der Waals surface area contributed by atoms with Crippen molar-refractivity contribution in [2.24, 2.45) is 0 Å². The molecule has 2 fully saturated rings. The van der Waals surface area contributed by atoms with Crippen molar-refractivity contribution in [3.8, 4) is 17.1 Å². The number of amides is 1. The summed E-state index contributed by atoms with van der Waals surface area (Å²) in [7, 11) is 0. The Bertz CT molecular complexity index is 1130. The van der Waals surface area contributed by atoms with Crippen LogP contribution in [-0.2, 0) is 4.79 Å². The van der Waals surface area contributed by atoms with Crippen molar-refractivity contribution in [3.05, 3.63) is 48.0 Å². The number of aromatic hydroxyl groups is 1. The first-order valence-corrected chi connectivity index (χ1v) is 11.4. The van der Waals surface area contributed by atoms with Gasteiger partial charge in [0.15, 0.2) is 5.82 Å². The van der Waals surface area contributed by atoms with Crippen LogP contribution in [0.5, 0.6) is 5.75 Å². The maximum atomic E-state index is 12.9. The maximum absolute atomic E-state index is 12.9. The van der Waals surface area contributed by atoms with Gasteiger partial charge in [0.05, 0.1) is 17.1 Å². The quantitative estimate of drug-likeness (QED) is 0.663. The molecule has 5 rings (SSSR count). The minimum absolute atomic E-state index is 0.0363. The largest absolute Gasteiger partial charge is 0.507 e. The van der Waals surface area contributed by atoms with Crippen LogP contribution in [0.25, 0.3) is 22.3 Å². The normalized spacial score (nSPS) is 19.3. The molecule has 166 valence electrons. The standard InChI is InChI=1S/C25H29N5O2/c1-17-9-10-18-21(16-17)27-23(19-6-2-3-8-22(19)31)28-24(18)29-12-14-30(15-13-29)25(32)20-7-4-5-11-26-20/h2-3,6,8-10,16,20,26,31H,4-5,7,11-15H2,1H3/t20-/m0/s1. The summed E-state index contributed by atoms with van der Waals surface area (Å²) >= 11 is 0. The molecule has 7 nitrogen and oxygen atoms in total. The fourth-order valence-electron chi connectivity index (χ4n) is 4.67. The molecule has 2 N–H and O–H groups in total. The number of anilines is 1. The monoisotopic (exact) mass is 431 g/mol. The second-order valence-corrected chi connectivity index (χ2v) is 8.72. The van der Waals surface area contributed by atoms with Gasteiger partial charge in [-0.1, -0.05) is 24.6 Å². The number of phenols is 1. The van der Waals surface area contributed by atoms with E-state index < -0.39 is 0 Å². The predicted molar refractivity (Wildman–Crippen MR) is 126 cm³/mol. The molecule has 0 unspecified atom stereocenters. The number of carbonyl (C=O) groups is 1. The van der Waals surface area contributed by atoms with E-state index in [2.05, 4.69) is 28.4 Å². The number of aryl methyl sites for hydroxylation is 1. The summed E-state index contributed by atoms with van der Waals surface area (Å²) in [5, 5.41) is 14.7. The number of phenolic OH excluding ortho intramolecular Hbond substituents is 1. The van der Waals surface area contributed by atoms with Gasteiger partial charge in [-0.05, 0) is 56.1 Å². The van der Waals surface area contributed by atoms with Gasteiger partial charge in [0, 0.05) is 31.6 Å². The Morgan fingerprint density at radius 1 is 1.06 bits per heavy atom. The molecule has 0 bridgehead atoms. The van der Waals surface area contributed by atoms with Crippen molar-refractivity contribution in [2.75, 3.05) is 37.6 Å². The minimum Gasteiger partial charge on any atom is -0.507 e. The average molecular weight is 432 g/mol. The van der Waals surface area contributed by atoms with Crippen molar-refractivity contribution >= 4 is 22.6 Å². The van der Waals surface area contributed by atoms with Gasteiger partial charge < -0.3 is 20.2 Å². The summed E-state index contributed by atoms with van der Waals surface area (Å²) in [5.41, 5.74) is 2.60. The van der Waals surface area contributed by atoms with Crippen molar-refractivity contribution in [3.63, 3.8) is 0 Å². The van der Waals surface area contributed by atoms with Crippen LogP contribution in [-0.4, -0.2) is 64.6 Å². The number of aromatic nitrogens is 2. The van der Waals surface area contributed by atoms with Crippen molar-refractivity contribution in [1.82, 2.24) is 20.2 Å². The number of carbonyl (C=O) groups excluding carboxylic acids is 1. The highest BCUT2D eigenvalue weighted by molar-refractivity contribution is 5.92. The molecule has 1 atom stereocenters. The topological polar surface area (TPSA) is 81.6 Å². The SMILES string of the molecule is Cc1ccc2c(N3CCN(C(=O)[C@@H]4CCCCN4)CC3)nc(-c3ccccc3O)nc2c1. The summed E-state index contributed by atoms with van der Waals surface area (Å²) in [6.45, 7) is 5.78. The van der Waals surface area contributed by atoms with Crippen LogP contribution in [0.1, 0.15) is 24.8 Å². The third-order valence-electron chi connectivity index (χ3n) is 6.48. The van der Waals surface area contributed by atoms with Crippen LogP contribution in [0.2, 0.25) is 0 Å². The lowest BCUT2D eigenvalue weighted by molar-refractivity contribution is -0.134. The third kappa shape index (κ3) is 4.00. The van der Waals surface area contributed by atoms with Crippen molar-refractivity contribution in [2.45, 2.75) is 32.2 Å². The van der Waals surface area contributed by atoms with Gasteiger partial charge in [-0.2, -0.15) is 0 Å². The predicted octanol–water partition coefficient (Wildman–Crippen LogP) is 3.10. The summed E-state index contributed by atoms with van der Waals surface area (Å²) < 4.78 is 0. The molecule has 0 spiro atoms. The Labute approximate surface area is 188 Å². The number of rotatable bonds is 3. The number of piperazine rings is 1. The number of para-hydroxylation sites is 1. The first-order valence-electron chi connectivity index (χ1n) is 11.4. The minimum atomic E-state index is -0.0363. The van der Waals surface area contributed by atoms with Gasteiger partial charge >= 0.3 is 0 Å². The van der Waals surface area contributed by atoms with Crippen molar-refractivity contribution in [1.29, 1.82) is 0 Å². The summed E-state index contributed by atoms with van der Waals surface area (Å²) in [4.78, 5) is 26.8. The molecule has 7 heteroatoms. The molecule has 2 aromatic carbocycles. The molecule has 3 heterocycles. The van der Waals surface area contributed by atoms with E-state index in [1.54, 1.807) is 12.1 Å². The zero-order valence-electron chi connectivity index (χ0n) is 18.4. The van der Waals surface area contributed by atoms with Gasteiger partial charge in [-0.25, -0.2) is 9.97 Å². The Kier molecular flexibility index (Phi) is 5.66. The Hall–Kier alpha value is -3.19. The van der Waals surface area contributed by atoms with Crippen molar-refractivity contribution < 1.29 is 9.90 Å². The van der Waals surface area contributed by atoms with Crippen LogP contribution in [0.15, 0.2) is 42.5 Å². The molecule has 2 aliphatic rings. The number of hydrogen-bond donors (Lipinski definition) is 2. The van der Waals surface area contributed by atoms with Gasteiger partial charge in [0.1, 0.15) is 11.6 Å². The smallest absolute Gasteiger partial charge is 0.239 e. The second-order valence-electron chi connectivity index (χ2n) is 8.72. The Balaban J connectivity index is 1.44. The number of fused-ring (bicyclic) bond motifs is 1. The van der Waals surface area contributed by atoms with E-state index >= 15 is 0 Å². The average Bonchev–Trinajstić information content (AvgIpc) is 2.83. The fraction of sp³-hybridized carbons (Fsp3) is 0.400. The number of nitrogens with one attached hydrogen (secondary N) is 1. The van der Waals surface area contributed by atoms with Gasteiger partial charge in [0.25, 0.3) is 0 Å².